The Morgan fingerprint density at radius 1 is 0.731 bits per heavy atom. The summed E-state index contributed by atoms with van der Waals surface area (Å²) >= 11 is 0. The predicted molar refractivity (Wildman–Crippen MR) is 103 cm³/mol. The standard InChI is InChI=1S/C21H22O5/c1-6-17(22)16-7-12-8-18(23-2)19(24-3)9-13(12)14-10-20(25-4)21(26-5)11-15(14)16/h6-11,17,22H,1H2,2-5H3. The zero-order valence-corrected chi connectivity index (χ0v) is 15.3. The highest BCUT2D eigenvalue weighted by atomic mass is 16.5. The molecule has 0 aromatic heterocycles. The van der Waals surface area contributed by atoms with Crippen molar-refractivity contribution in [1.82, 2.24) is 0 Å². The molecule has 0 spiro atoms. The first-order valence-electron chi connectivity index (χ1n) is 8.12. The molecular formula is C21H22O5. The van der Waals surface area contributed by atoms with E-state index in [9.17, 15) is 5.11 Å². The second kappa shape index (κ2) is 7.14. The largest absolute Gasteiger partial charge is 0.493 e. The molecule has 0 aliphatic carbocycles. The fraction of sp³-hybridized carbons (Fsp3) is 0.238. The monoisotopic (exact) mass is 354 g/mol. The molecule has 1 unspecified atom stereocenters. The third kappa shape index (κ3) is 2.80. The van der Waals surface area contributed by atoms with Crippen LogP contribution in [0.5, 0.6) is 23.0 Å². The van der Waals surface area contributed by atoms with Gasteiger partial charge >= 0.3 is 0 Å². The van der Waals surface area contributed by atoms with Crippen molar-refractivity contribution in [2.45, 2.75) is 6.10 Å². The molecule has 0 radical (unpaired) electrons. The smallest absolute Gasteiger partial charge is 0.161 e. The van der Waals surface area contributed by atoms with Crippen LogP contribution in [0.3, 0.4) is 0 Å². The molecule has 0 bridgehead atoms. The molecule has 0 amide bonds. The minimum Gasteiger partial charge on any atom is -0.493 e. The zero-order valence-electron chi connectivity index (χ0n) is 15.3. The average molecular weight is 354 g/mol. The minimum absolute atomic E-state index is 0.595. The van der Waals surface area contributed by atoms with Gasteiger partial charge in [0.25, 0.3) is 0 Å². The van der Waals surface area contributed by atoms with Gasteiger partial charge in [-0.15, -0.1) is 6.58 Å². The quantitative estimate of drug-likeness (QED) is 0.530. The molecule has 3 aromatic rings. The van der Waals surface area contributed by atoms with Gasteiger partial charge in [0.15, 0.2) is 23.0 Å². The number of aliphatic hydroxyl groups excluding tert-OH is 1. The summed E-state index contributed by atoms with van der Waals surface area (Å²) in [7, 11) is 6.38. The number of rotatable bonds is 6. The average Bonchev–Trinajstić information content (AvgIpc) is 2.70. The second-order valence-corrected chi connectivity index (χ2v) is 5.83. The Bertz CT molecular complexity index is 977. The maximum Gasteiger partial charge on any atom is 0.161 e. The maximum atomic E-state index is 10.5. The van der Waals surface area contributed by atoms with Gasteiger partial charge < -0.3 is 24.1 Å². The maximum absolute atomic E-state index is 10.5. The van der Waals surface area contributed by atoms with Crippen LogP contribution < -0.4 is 18.9 Å². The van der Waals surface area contributed by atoms with Crippen molar-refractivity contribution in [1.29, 1.82) is 0 Å². The van der Waals surface area contributed by atoms with Crippen LogP contribution in [0.1, 0.15) is 11.7 Å². The minimum atomic E-state index is -0.812. The third-order valence-electron chi connectivity index (χ3n) is 4.53. The summed E-state index contributed by atoms with van der Waals surface area (Å²) in [6.45, 7) is 3.71. The van der Waals surface area contributed by atoms with Crippen molar-refractivity contribution in [3.05, 3.63) is 48.6 Å². The number of aliphatic hydroxyl groups is 1. The summed E-state index contributed by atoms with van der Waals surface area (Å²) in [5.41, 5.74) is 0.732. The number of hydrogen-bond acceptors (Lipinski definition) is 5. The van der Waals surface area contributed by atoms with Crippen LogP contribution in [0.2, 0.25) is 0 Å². The zero-order chi connectivity index (χ0) is 18.8. The van der Waals surface area contributed by atoms with Gasteiger partial charge in [0, 0.05) is 0 Å². The molecule has 0 fully saturated rings. The highest BCUT2D eigenvalue weighted by Crippen LogP contribution is 2.42. The molecule has 3 aromatic carbocycles. The van der Waals surface area contributed by atoms with Gasteiger partial charge in [0.05, 0.1) is 34.5 Å². The molecule has 136 valence electrons. The van der Waals surface area contributed by atoms with E-state index in [2.05, 4.69) is 6.58 Å². The Balaban J connectivity index is 2.50. The highest BCUT2D eigenvalue weighted by Gasteiger charge is 2.17. The fourth-order valence-electron chi connectivity index (χ4n) is 3.20. The van der Waals surface area contributed by atoms with Crippen molar-refractivity contribution in [3.63, 3.8) is 0 Å². The lowest BCUT2D eigenvalue weighted by Gasteiger charge is -2.17. The summed E-state index contributed by atoms with van der Waals surface area (Å²) < 4.78 is 21.7. The van der Waals surface area contributed by atoms with Crippen molar-refractivity contribution < 1.29 is 24.1 Å². The topological polar surface area (TPSA) is 57.2 Å². The van der Waals surface area contributed by atoms with Gasteiger partial charge in [-0.25, -0.2) is 0 Å². The third-order valence-corrected chi connectivity index (χ3v) is 4.53. The van der Waals surface area contributed by atoms with Crippen LogP contribution >= 0.6 is 0 Å². The SMILES string of the molecule is C=CC(O)c1cc2cc(OC)c(OC)cc2c2cc(OC)c(OC)cc12. The first-order valence-corrected chi connectivity index (χ1v) is 8.12. The van der Waals surface area contributed by atoms with Crippen LogP contribution in [-0.4, -0.2) is 33.5 Å². The molecule has 26 heavy (non-hydrogen) atoms. The van der Waals surface area contributed by atoms with Crippen LogP contribution in [0.15, 0.2) is 43.0 Å². The first kappa shape index (κ1) is 17.9. The summed E-state index contributed by atoms with van der Waals surface area (Å²) in [4.78, 5) is 0. The number of methoxy groups -OCH3 is 4. The van der Waals surface area contributed by atoms with E-state index in [1.165, 1.54) is 6.08 Å². The normalized spacial score (nSPS) is 12.0. The number of hydrogen-bond donors (Lipinski definition) is 1. The molecule has 3 rings (SSSR count). The Labute approximate surface area is 152 Å². The van der Waals surface area contributed by atoms with Crippen molar-refractivity contribution in [3.8, 4) is 23.0 Å². The molecule has 0 saturated heterocycles. The molecular weight excluding hydrogens is 332 g/mol. The number of ether oxygens (including phenoxy) is 4. The van der Waals surface area contributed by atoms with E-state index >= 15 is 0 Å². The summed E-state index contributed by atoms with van der Waals surface area (Å²) in [6, 6.07) is 9.52. The van der Waals surface area contributed by atoms with Gasteiger partial charge in [0.2, 0.25) is 0 Å². The van der Waals surface area contributed by atoms with Gasteiger partial charge in [-0.2, -0.15) is 0 Å². The van der Waals surface area contributed by atoms with Crippen molar-refractivity contribution in [2.75, 3.05) is 28.4 Å². The van der Waals surface area contributed by atoms with Crippen LogP contribution in [-0.2, 0) is 0 Å². The lowest BCUT2D eigenvalue weighted by atomic mass is 9.93. The van der Waals surface area contributed by atoms with E-state index in [0.29, 0.717) is 23.0 Å². The lowest BCUT2D eigenvalue weighted by molar-refractivity contribution is 0.231. The molecule has 0 heterocycles. The van der Waals surface area contributed by atoms with E-state index in [4.69, 9.17) is 18.9 Å². The van der Waals surface area contributed by atoms with Crippen molar-refractivity contribution >= 4 is 21.5 Å². The van der Waals surface area contributed by atoms with Gasteiger partial charge in [-0.1, -0.05) is 6.08 Å². The number of benzene rings is 3. The molecule has 5 nitrogen and oxygen atoms in total. The molecule has 0 aliphatic rings. The summed E-state index contributed by atoms with van der Waals surface area (Å²) in [5.74, 6) is 2.46. The molecule has 5 heteroatoms. The van der Waals surface area contributed by atoms with E-state index in [1.54, 1.807) is 28.4 Å². The van der Waals surface area contributed by atoms with Crippen molar-refractivity contribution in [2.24, 2.45) is 0 Å². The lowest BCUT2D eigenvalue weighted by Crippen LogP contribution is -1.98. The Morgan fingerprint density at radius 2 is 1.19 bits per heavy atom. The molecule has 1 N–H and O–H groups in total. The molecule has 0 saturated carbocycles. The van der Waals surface area contributed by atoms with E-state index < -0.39 is 6.10 Å². The molecule has 0 aliphatic heterocycles. The van der Waals surface area contributed by atoms with Crippen LogP contribution in [0.25, 0.3) is 21.5 Å². The van der Waals surface area contributed by atoms with E-state index in [1.807, 2.05) is 30.3 Å². The second-order valence-electron chi connectivity index (χ2n) is 5.83. The Morgan fingerprint density at radius 3 is 1.69 bits per heavy atom. The van der Waals surface area contributed by atoms with Crippen LogP contribution in [0.4, 0.5) is 0 Å². The number of fused-ring (bicyclic) bond motifs is 3. The van der Waals surface area contributed by atoms with Crippen LogP contribution in [0, 0.1) is 0 Å². The van der Waals surface area contributed by atoms with Gasteiger partial charge in [-0.05, 0) is 57.4 Å². The van der Waals surface area contributed by atoms with E-state index in [0.717, 1.165) is 27.1 Å². The summed E-state index contributed by atoms with van der Waals surface area (Å²) in [6.07, 6.45) is 0.686. The molecule has 1 atom stereocenters. The fourth-order valence-corrected chi connectivity index (χ4v) is 3.20. The van der Waals surface area contributed by atoms with E-state index in [-0.39, 0.29) is 0 Å². The Hall–Kier alpha value is -2.92. The predicted octanol–water partition coefficient (Wildman–Crippen LogP) is 4.25. The van der Waals surface area contributed by atoms with Gasteiger partial charge in [-0.3, -0.25) is 0 Å². The van der Waals surface area contributed by atoms with Gasteiger partial charge in [0.1, 0.15) is 0 Å². The first-order chi connectivity index (χ1) is 12.6. The Kier molecular flexibility index (Phi) is 4.91. The summed E-state index contributed by atoms with van der Waals surface area (Å²) in [5, 5.41) is 14.1. The highest BCUT2D eigenvalue weighted by molar-refractivity contribution is 6.11.